The van der Waals surface area contributed by atoms with Crippen molar-refractivity contribution in [3.05, 3.63) is 127 Å². The molecular formula is C37H25N3O. The number of nitrogens with zero attached hydrogens (tertiary/aromatic N) is 2. The Morgan fingerprint density at radius 3 is 2.51 bits per heavy atom. The molecule has 9 rings (SSSR count). The van der Waals surface area contributed by atoms with Crippen molar-refractivity contribution in [1.29, 1.82) is 0 Å². The summed E-state index contributed by atoms with van der Waals surface area (Å²) >= 11 is 0. The lowest BCUT2D eigenvalue weighted by molar-refractivity contribution is 0.621. The molecule has 4 nitrogen and oxygen atoms in total. The summed E-state index contributed by atoms with van der Waals surface area (Å²) in [6.07, 6.45) is 6.66. The maximum Gasteiger partial charge on any atom is 0.227 e. The van der Waals surface area contributed by atoms with Crippen molar-refractivity contribution in [3.63, 3.8) is 0 Å². The first-order valence-electron chi connectivity index (χ1n) is 14.1. The molecule has 0 aliphatic heterocycles. The van der Waals surface area contributed by atoms with E-state index in [0.29, 0.717) is 5.89 Å². The van der Waals surface area contributed by atoms with Gasteiger partial charge in [0.1, 0.15) is 5.52 Å². The third kappa shape index (κ3) is 3.31. The quantitative estimate of drug-likeness (QED) is 0.249. The molecule has 1 aliphatic rings. The minimum absolute atomic E-state index is 0.638. The summed E-state index contributed by atoms with van der Waals surface area (Å²) in [5, 5.41) is 3.82. The maximum atomic E-state index is 6.39. The van der Waals surface area contributed by atoms with E-state index in [1.165, 1.54) is 44.0 Å². The predicted molar refractivity (Wildman–Crippen MR) is 168 cm³/mol. The van der Waals surface area contributed by atoms with E-state index in [2.05, 4.69) is 94.5 Å². The number of benzene rings is 5. The zero-order chi connectivity index (χ0) is 26.9. The van der Waals surface area contributed by atoms with Crippen LogP contribution in [0.1, 0.15) is 17.7 Å². The number of aromatic amines is 1. The van der Waals surface area contributed by atoms with E-state index in [1.807, 2.05) is 36.4 Å². The Labute approximate surface area is 236 Å². The van der Waals surface area contributed by atoms with Crippen molar-refractivity contribution in [2.24, 2.45) is 0 Å². The monoisotopic (exact) mass is 527 g/mol. The fourth-order valence-corrected chi connectivity index (χ4v) is 6.59. The van der Waals surface area contributed by atoms with E-state index in [1.54, 1.807) is 0 Å². The minimum atomic E-state index is 0.638. The Hall–Kier alpha value is -5.35. The van der Waals surface area contributed by atoms with Crippen LogP contribution in [0.2, 0.25) is 0 Å². The maximum absolute atomic E-state index is 6.39. The molecule has 0 fully saturated rings. The highest BCUT2D eigenvalue weighted by Crippen LogP contribution is 2.40. The lowest BCUT2D eigenvalue weighted by Crippen LogP contribution is -1.95. The molecule has 194 valence electrons. The Bertz CT molecular complexity index is 2310. The molecule has 0 bridgehead atoms. The minimum Gasteiger partial charge on any atom is -0.435 e. The van der Waals surface area contributed by atoms with E-state index in [-0.39, 0.29) is 0 Å². The van der Waals surface area contributed by atoms with E-state index >= 15 is 0 Å². The molecule has 0 amide bonds. The van der Waals surface area contributed by atoms with E-state index < -0.39 is 0 Å². The second-order valence-corrected chi connectivity index (χ2v) is 10.8. The Balaban J connectivity index is 1.29. The zero-order valence-electron chi connectivity index (χ0n) is 22.3. The smallest absolute Gasteiger partial charge is 0.227 e. The number of hydrogen-bond donors (Lipinski definition) is 1. The van der Waals surface area contributed by atoms with Crippen LogP contribution >= 0.6 is 0 Å². The summed E-state index contributed by atoms with van der Waals surface area (Å²) in [7, 11) is 0. The van der Waals surface area contributed by atoms with Crippen LogP contribution in [0.3, 0.4) is 0 Å². The molecule has 5 aromatic carbocycles. The van der Waals surface area contributed by atoms with E-state index in [4.69, 9.17) is 9.40 Å². The van der Waals surface area contributed by atoms with Crippen molar-refractivity contribution >= 4 is 49.9 Å². The van der Waals surface area contributed by atoms with Crippen LogP contribution in [-0.2, 0) is 6.42 Å². The normalized spacial score (nSPS) is 13.1. The van der Waals surface area contributed by atoms with Crippen molar-refractivity contribution in [2.45, 2.75) is 12.8 Å². The lowest BCUT2D eigenvalue weighted by Gasteiger charge is -2.11. The Kier molecular flexibility index (Phi) is 4.70. The van der Waals surface area contributed by atoms with Gasteiger partial charge in [0, 0.05) is 38.7 Å². The van der Waals surface area contributed by atoms with Gasteiger partial charge in [-0.3, -0.25) is 0 Å². The highest BCUT2D eigenvalue weighted by Gasteiger charge is 2.20. The van der Waals surface area contributed by atoms with Gasteiger partial charge in [-0.1, -0.05) is 78.9 Å². The molecule has 4 heteroatoms. The van der Waals surface area contributed by atoms with Crippen LogP contribution in [-0.4, -0.2) is 14.5 Å². The number of oxazole rings is 1. The fraction of sp³-hybridized carbons (Fsp3) is 0.0541. The van der Waals surface area contributed by atoms with Crippen LogP contribution in [0.4, 0.5) is 0 Å². The third-order valence-electron chi connectivity index (χ3n) is 8.44. The van der Waals surface area contributed by atoms with Crippen molar-refractivity contribution in [3.8, 4) is 28.3 Å². The number of H-pyrrole nitrogens is 1. The van der Waals surface area contributed by atoms with Gasteiger partial charge in [-0.2, -0.15) is 0 Å². The second-order valence-electron chi connectivity index (χ2n) is 10.8. The van der Waals surface area contributed by atoms with Gasteiger partial charge in [0.25, 0.3) is 0 Å². The highest BCUT2D eigenvalue weighted by atomic mass is 16.3. The number of fused-ring (bicyclic) bond motifs is 8. The van der Waals surface area contributed by atoms with Crippen LogP contribution in [0.25, 0.3) is 78.2 Å². The molecule has 0 unspecified atom stereocenters. The standard InChI is InChI=1S/C37H25N3O/c1-2-10-23(11-3-1)37-39-32-18-9-16-26(36(32)41-37)24-12-8-13-25(22-24)40-33-19-7-5-15-28(33)30-21-20-29-27-14-4-6-17-31(27)38-34(29)35(30)40/h1-3,5-13,15-22,38H,4,14H2. The number of rotatable bonds is 3. The number of allylic oxidation sites excluding steroid dienone is 1. The zero-order valence-corrected chi connectivity index (χ0v) is 22.3. The van der Waals surface area contributed by atoms with Gasteiger partial charge in [0.15, 0.2) is 5.58 Å². The summed E-state index contributed by atoms with van der Waals surface area (Å²) in [6.45, 7) is 0. The lowest BCUT2D eigenvalue weighted by atomic mass is 10.00. The molecular weight excluding hydrogens is 502 g/mol. The number of para-hydroxylation sites is 2. The van der Waals surface area contributed by atoms with Gasteiger partial charge in [-0.25, -0.2) is 4.98 Å². The Morgan fingerprint density at radius 1 is 0.732 bits per heavy atom. The van der Waals surface area contributed by atoms with Gasteiger partial charge in [0.05, 0.1) is 16.6 Å². The van der Waals surface area contributed by atoms with E-state index in [0.717, 1.165) is 46.3 Å². The molecule has 1 N–H and O–H groups in total. The van der Waals surface area contributed by atoms with Gasteiger partial charge in [0.2, 0.25) is 5.89 Å². The number of hydrogen-bond acceptors (Lipinski definition) is 2. The van der Waals surface area contributed by atoms with Crippen molar-refractivity contribution in [1.82, 2.24) is 14.5 Å². The molecule has 0 saturated heterocycles. The summed E-state index contributed by atoms with van der Waals surface area (Å²) in [4.78, 5) is 8.60. The van der Waals surface area contributed by atoms with Gasteiger partial charge >= 0.3 is 0 Å². The van der Waals surface area contributed by atoms with E-state index in [9.17, 15) is 0 Å². The molecule has 0 saturated carbocycles. The highest BCUT2D eigenvalue weighted by molar-refractivity contribution is 6.18. The summed E-state index contributed by atoms with van der Waals surface area (Å²) in [5.41, 5.74) is 12.1. The summed E-state index contributed by atoms with van der Waals surface area (Å²) in [6, 6.07) is 38.4. The van der Waals surface area contributed by atoms with Gasteiger partial charge < -0.3 is 14.0 Å². The van der Waals surface area contributed by atoms with Crippen molar-refractivity contribution < 1.29 is 4.42 Å². The number of aromatic nitrogens is 3. The molecule has 0 spiro atoms. The summed E-state index contributed by atoms with van der Waals surface area (Å²) < 4.78 is 8.80. The molecule has 8 aromatic rings. The Morgan fingerprint density at radius 2 is 1.56 bits per heavy atom. The van der Waals surface area contributed by atoms with Crippen LogP contribution < -0.4 is 0 Å². The fourth-order valence-electron chi connectivity index (χ4n) is 6.59. The average molecular weight is 528 g/mol. The second kappa shape index (κ2) is 8.57. The predicted octanol–water partition coefficient (Wildman–Crippen LogP) is 9.70. The number of aryl methyl sites for hydroxylation is 1. The molecule has 0 atom stereocenters. The van der Waals surface area contributed by atoms with Gasteiger partial charge in [-0.05, 0) is 66.4 Å². The van der Waals surface area contributed by atoms with Gasteiger partial charge in [-0.15, -0.1) is 0 Å². The molecule has 0 radical (unpaired) electrons. The molecule has 41 heavy (non-hydrogen) atoms. The largest absolute Gasteiger partial charge is 0.435 e. The van der Waals surface area contributed by atoms with Crippen LogP contribution in [0.5, 0.6) is 0 Å². The summed E-state index contributed by atoms with van der Waals surface area (Å²) in [5.74, 6) is 0.638. The van der Waals surface area contributed by atoms with Crippen LogP contribution in [0.15, 0.2) is 120 Å². The van der Waals surface area contributed by atoms with Crippen molar-refractivity contribution in [2.75, 3.05) is 0 Å². The number of nitrogens with one attached hydrogen (secondary N) is 1. The first-order valence-corrected chi connectivity index (χ1v) is 14.1. The molecule has 1 aliphatic carbocycles. The SMILES string of the molecule is C1=Cc2[nH]c3c(ccc4c5ccccc5n(-c5cccc(-c6cccc7nc(-c8ccccc8)oc67)c5)c43)c2CC1. The third-order valence-corrected chi connectivity index (χ3v) is 8.44. The average Bonchev–Trinajstić information content (AvgIpc) is 3.73. The molecule has 3 aromatic heterocycles. The topological polar surface area (TPSA) is 46.8 Å². The first-order chi connectivity index (χ1) is 20.3. The first kappa shape index (κ1) is 22.5. The van der Waals surface area contributed by atoms with Crippen LogP contribution in [0, 0.1) is 0 Å². The molecule has 3 heterocycles.